The Hall–Kier alpha value is -2.62. The molecule has 1 aromatic carbocycles. The van der Waals surface area contributed by atoms with Gasteiger partial charge >= 0.3 is 12.3 Å². The fraction of sp³-hybridized carbons (Fsp3) is 0.526. The number of esters is 1. The van der Waals surface area contributed by atoms with E-state index in [1.165, 1.54) is 12.1 Å². The monoisotopic (exact) mass is 414 g/mol. The van der Waals surface area contributed by atoms with Gasteiger partial charge in [-0.05, 0) is 38.4 Å². The number of hydrogen-bond acceptors (Lipinski definition) is 6. The second-order valence-corrected chi connectivity index (χ2v) is 6.92. The number of likely N-dealkylation sites (tertiary alicyclic amines) is 1. The van der Waals surface area contributed by atoms with E-state index in [1.54, 1.807) is 11.8 Å². The molecular weight excluding hydrogens is 393 g/mol. The van der Waals surface area contributed by atoms with Crippen molar-refractivity contribution in [1.82, 2.24) is 4.90 Å². The van der Waals surface area contributed by atoms with E-state index in [2.05, 4.69) is 4.74 Å². The first-order chi connectivity index (χ1) is 13.7. The molecule has 0 N–H and O–H groups in total. The summed E-state index contributed by atoms with van der Waals surface area (Å²) in [5.74, 6) is -2.25. The highest BCUT2D eigenvalue weighted by Gasteiger charge is 2.44. The summed E-state index contributed by atoms with van der Waals surface area (Å²) < 4.78 is 46.3. The molecule has 158 valence electrons. The average molecular weight is 414 g/mol. The molecule has 2 heterocycles. The minimum Gasteiger partial charge on any atom is -0.466 e. The molecule has 0 bridgehead atoms. The summed E-state index contributed by atoms with van der Waals surface area (Å²) in [6.45, 7) is 2.82. The second kappa shape index (κ2) is 8.40. The molecule has 0 spiro atoms. The van der Waals surface area contributed by atoms with Crippen molar-refractivity contribution in [2.75, 3.05) is 24.6 Å². The lowest BCUT2D eigenvalue weighted by Crippen LogP contribution is -2.48. The molecule has 0 radical (unpaired) electrons. The summed E-state index contributed by atoms with van der Waals surface area (Å²) in [7, 11) is 0. The Morgan fingerprint density at radius 3 is 2.72 bits per heavy atom. The van der Waals surface area contributed by atoms with Gasteiger partial charge in [-0.3, -0.25) is 19.3 Å². The number of hydrogen-bond donors (Lipinski definition) is 0. The fourth-order valence-corrected chi connectivity index (χ4v) is 3.73. The van der Waals surface area contributed by atoms with Crippen molar-refractivity contribution >= 4 is 23.5 Å². The number of imide groups is 1. The van der Waals surface area contributed by atoms with Crippen LogP contribution in [0.3, 0.4) is 0 Å². The van der Waals surface area contributed by atoms with Gasteiger partial charge in [-0.25, -0.2) is 4.90 Å². The topological polar surface area (TPSA) is 76.2 Å². The number of carbonyl (C=O) groups excluding carboxylic acids is 3. The standard InChI is InChI=1S/C19H21F3N2O5/c1-2-28-18(27)12-5-4-8-23(11-12)15-10-16(25)24(17(15)26)13-6-3-7-14(9-13)29-19(20,21)22/h3,6-7,9,12,15H,2,4-5,8,10-11H2,1H3/t12-,15-/m0/s1. The smallest absolute Gasteiger partial charge is 0.466 e. The van der Waals surface area contributed by atoms with Crippen molar-refractivity contribution < 1.29 is 37.0 Å². The molecule has 1 aromatic rings. The van der Waals surface area contributed by atoms with Gasteiger partial charge < -0.3 is 9.47 Å². The van der Waals surface area contributed by atoms with E-state index in [0.717, 1.165) is 17.0 Å². The van der Waals surface area contributed by atoms with Gasteiger partial charge in [-0.15, -0.1) is 13.2 Å². The van der Waals surface area contributed by atoms with Crippen LogP contribution in [0.2, 0.25) is 0 Å². The number of nitrogens with zero attached hydrogens (tertiary/aromatic N) is 2. The van der Waals surface area contributed by atoms with E-state index < -0.39 is 30.0 Å². The molecule has 2 aliphatic heterocycles. The Kier molecular flexibility index (Phi) is 6.11. The van der Waals surface area contributed by atoms with Crippen molar-refractivity contribution in [2.24, 2.45) is 5.92 Å². The number of benzene rings is 1. The predicted molar refractivity (Wildman–Crippen MR) is 95.0 cm³/mol. The molecule has 2 saturated heterocycles. The molecule has 0 aromatic heterocycles. The Morgan fingerprint density at radius 2 is 2.03 bits per heavy atom. The van der Waals surface area contributed by atoms with E-state index in [9.17, 15) is 27.6 Å². The summed E-state index contributed by atoms with van der Waals surface area (Å²) in [4.78, 5) is 40.1. The Balaban J connectivity index is 1.75. The minimum atomic E-state index is -4.88. The van der Waals surface area contributed by atoms with Gasteiger partial charge in [0.15, 0.2) is 0 Å². The maximum atomic E-state index is 12.9. The van der Waals surface area contributed by atoms with Crippen molar-refractivity contribution in [3.8, 4) is 5.75 Å². The molecule has 0 aliphatic carbocycles. The summed E-state index contributed by atoms with van der Waals surface area (Å²) in [5, 5.41) is 0. The maximum absolute atomic E-state index is 12.9. The van der Waals surface area contributed by atoms with E-state index in [4.69, 9.17) is 4.74 Å². The SMILES string of the molecule is CCOC(=O)[C@H]1CCCN([C@H]2CC(=O)N(c3cccc(OC(F)(F)F)c3)C2=O)C1. The van der Waals surface area contributed by atoms with Crippen LogP contribution < -0.4 is 9.64 Å². The predicted octanol–water partition coefficient (Wildman–Crippen LogP) is 2.49. The first-order valence-electron chi connectivity index (χ1n) is 9.33. The lowest BCUT2D eigenvalue weighted by Gasteiger charge is -2.34. The van der Waals surface area contributed by atoms with Crippen LogP contribution in [-0.2, 0) is 19.1 Å². The van der Waals surface area contributed by atoms with Gasteiger partial charge in [0, 0.05) is 12.6 Å². The zero-order valence-electron chi connectivity index (χ0n) is 15.8. The molecule has 2 fully saturated rings. The minimum absolute atomic E-state index is 0.0169. The molecule has 29 heavy (non-hydrogen) atoms. The summed E-state index contributed by atoms with van der Waals surface area (Å²) in [6.07, 6.45) is -3.66. The highest BCUT2D eigenvalue weighted by atomic mass is 19.4. The summed E-state index contributed by atoms with van der Waals surface area (Å²) in [5.41, 5.74) is 0.0169. The van der Waals surface area contributed by atoms with Gasteiger partial charge in [0.05, 0.1) is 30.7 Å². The van der Waals surface area contributed by atoms with E-state index in [0.29, 0.717) is 25.9 Å². The number of carbonyl (C=O) groups is 3. The van der Waals surface area contributed by atoms with E-state index >= 15 is 0 Å². The van der Waals surface area contributed by atoms with Crippen LogP contribution in [0, 0.1) is 5.92 Å². The lowest BCUT2D eigenvalue weighted by atomic mass is 9.96. The van der Waals surface area contributed by atoms with Crippen molar-refractivity contribution in [2.45, 2.75) is 38.6 Å². The highest BCUT2D eigenvalue weighted by Crippen LogP contribution is 2.32. The summed E-state index contributed by atoms with van der Waals surface area (Å²) in [6, 6.07) is 3.99. The number of amides is 2. The van der Waals surface area contributed by atoms with Crippen LogP contribution >= 0.6 is 0 Å². The number of anilines is 1. The zero-order chi connectivity index (χ0) is 21.2. The van der Waals surface area contributed by atoms with Crippen molar-refractivity contribution in [3.63, 3.8) is 0 Å². The Labute approximate surface area is 165 Å². The third-order valence-electron chi connectivity index (χ3n) is 4.95. The first kappa shape index (κ1) is 21.1. The number of alkyl halides is 3. The zero-order valence-corrected chi connectivity index (χ0v) is 15.8. The van der Waals surface area contributed by atoms with Crippen LogP contribution in [0.15, 0.2) is 24.3 Å². The molecule has 10 heteroatoms. The van der Waals surface area contributed by atoms with Crippen LogP contribution in [0.4, 0.5) is 18.9 Å². The molecular formula is C19H21F3N2O5. The molecule has 0 saturated carbocycles. The van der Waals surface area contributed by atoms with E-state index in [-0.39, 0.29) is 30.6 Å². The largest absolute Gasteiger partial charge is 0.573 e. The number of piperidine rings is 1. The first-order valence-corrected chi connectivity index (χ1v) is 9.33. The molecule has 2 atom stereocenters. The number of halogens is 3. The van der Waals surface area contributed by atoms with Gasteiger partial charge in [0.1, 0.15) is 5.75 Å². The summed E-state index contributed by atoms with van der Waals surface area (Å²) >= 11 is 0. The average Bonchev–Trinajstić information content (AvgIpc) is 2.95. The van der Waals surface area contributed by atoms with E-state index in [1.807, 2.05) is 0 Å². The third-order valence-corrected chi connectivity index (χ3v) is 4.95. The molecule has 0 unspecified atom stereocenters. The quantitative estimate of drug-likeness (QED) is 0.544. The number of ether oxygens (including phenoxy) is 2. The maximum Gasteiger partial charge on any atom is 0.573 e. The number of rotatable bonds is 5. The van der Waals surface area contributed by atoms with Gasteiger partial charge in [-0.1, -0.05) is 6.07 Å². The van der Waals surface area contributed by atoms with Gasteiger partial charge in [0.25, 0.3) is 5.91 Å². The highest BCUT2D eigenvalue weighted by molar-refractivity contribution is 6.22. The van der Waals surface area contributed by atoms with Crippen molar-refractivity contribution in [1.29, 1.82) is 0 Å². The van der Waals surface area contributed by atoms with Crippen LogP contribution in [-0.4, -0.2) is 54.8 Å². The second-order valence-electron chi connectivity index (χ2n) is 6.92. The van der Waals surface area contributed by atoms with Gasteiger partial charge in [0.2, 0.25) is 5.91 Å². The fourth-order valence-electron chi connectivity index (χ4n) is 3.73. The molecule has 2 aliphatic rings. The van der Waals surface area contributed by atoms with Gasteiger partial charge in [-0.2, -0.15) is 0 Å². The molecule has 3 rings (SSSR count). The van der Waals surface area contributed by atoms with Crippen LogP contribution in [0.5, 0.6) is 5.75 Å². The lowest BCUT2D eigenvalue weighted by molar-refractivity contribution is -0.274. The molecule has 2 amide bonds. The Morgan fingerprint density at radius 1 is 1.28 bits per heavy atom. The normalized spacial score (nSPS) is 23.4. The van der Waals surface area contributed by atoms with Crippen LogP contribution in [0.1, 0.15) is 26.2 Å². The third kappa shape index (κ3) is 4.87. The molecule has 7 nitrogen and oxygen atoms in total. The van der Waals surface area contributed by atoms with Crippen LogP contribution in [0.25, 0.3) is 0 Å². The van der Waals surface area contributed by atoms with Crippen molar-refractivity contribution in [3.05, 3.63) is 24.3 Å². The Bertz CT molecular complexity index is 798.